The topological polar surface area (TPSA) is 143 Å². The SMILES string of the molecule is Cc1nc(N=O)c(N)c(N)c1Cc1ccc(C#N)c(NC2CC(F)(F)C2)n1. The number of alkyl halides is 2. The molecule has 0 bridgehead atoms. The van der Waals surface area contributed by atoms with Crippen molar-refractivity contribution in [2.45, 2.75) is 38.2 Å². The Hall–Kier alpha value is -3.35. The molecule has 5 N–H and O–H groups in total. The number of anilines is 3. The maximum absolute atomic E-state index is 13.0. The molecule has 1 aliphatic carbocycles. The van der Waals surface area contributed by atoms with Crippen LogP contribution in [0.1, 0.15) is 35.4 Å². The number of hydrogen-bond acceptors (Lipinski definition) is 8. The van der Waals surface area contributed by atoms with E-state index in [0.717, 1.165) is 0 Å². The molecule has 8 nitrogen and oxygen atoms in total. The Bertz CT molecular complexity index is 947. The molecular formula is C17H17F2N7O. The van der Waals surface area contributed by atoms with Crippen molar-refractivity contribution in [3.8, 4) is 6.07 Å². The summed E-state index contributed by atoms with van der Waals surface area (Å²) in [6, 6.07) is 4.76. The van der Waals surface area contributed by atoms with E-state index in [1.165, 1.54) is 0 Å². The maximum Gasteiger partial charge on any atom is 0.252 e. The maximum atomic E-state index is 13.0. The highest BCUT2D eigenvalue weighted by Gasteiger charge is 2.45. The highest BCUT2D eigenvalue weighted by Crippen LogP contribution is 2.39. The molecule has 1 saturated carbocycles. The van der Waals surface area contributed by atoms with Gasteiger partial charge in [0.2, 0.25) is 5.82 Å². The second-order valence-electron chi connectivity index (χ2n) is 6.51. The largest absolute Gasteiger partial charge is 0.397 e. The van der Waals surface area contributed by atoms with Crippen LogP contribution in [0.5, 0.6) is 0 Å². The molecule has 1 aliphatic rings. The van der Waals surface area contributed by atoms with Crippen molar-refractivity contribution >= 4 is 23.0 Å². The van der Waals surface area contributed by atoms with E-state index in [9.17, 15) is 18.9 Å². The van der Waals surface area contributed by atoms with Crippen molar-refractivity contribution in [1.29, 1.82) is 5.26 Å². The zero-order chi connectivity index (χ0) is 19.8. The second-order valence-corrected chi connectivity index (χ2v) is 6.51. The fourth-order valence-electron chi connectivity index (χ4n) is 2.99. The van der Waals surface area contributed by atoms with Gasteiger partial charge >= 0.3 is 0 Å². The molecule has 10 heteroatoms. The third-order valence-electron chi connectivity index (χ3n) is 4.52. The molecule has 0 aliphatic heterocycles. The average molecular weight is 373 g/mol. The number of nitroso groups, excluding NO2 is 1. The fourth-order valence-corrected chi connectivity index (χ4v) is 2.99. The van der Waals surface area contributed by atoms with E-state index in [4.69, 9.17) is 11.5 Å². The molecule has 0 radical (unpaired) electrons. The molecule has 0 aromatic carbocycles. The van der Waals surface area contributed by atoms with Crippen LogP contribution >= 0.6 is 0 Å². The van der Waals surface area contributed by atoms with E-state index in [1.54, 1.807) is 19.1 Å². The standard InChI is InChI=1S/C17H17F2N7O/c1-8-12(13(21)14(22)16(23-8)26-27)4-10-3-2-9(7-20)15(24-10)25-11-5-17(18,19)6-11/h2-3,11H,4-6,22H2,1H3,(H2,21,23)(H,24,25). The van der Waals surface area contributed by atoms with Crippen molar-refractivity contribution in [2.75, 3.05) is 16.8 Å². The first-order valence-corrected chi connectivity index (χ1v) is 8.16. The Morgan fingerprint density at radius 2 is 2.04 bits per heavy atom. The quantitative estimate of drug-likeness (QED) is 0.683. The van der Waals surface area contributed by atoms with E-state index >= 15 is 0 Å². The Kier molecular flexibility index (Phi) is 4.61. The fraction of sp³-hybridized carbons (Fsp3) is 0.353. The van der Waals surface area contributed by atoms with Crippen LogP contribution in [-0.4, -0.2) is 21.9 Å². The van der Waals surface area contributed by atoms with Gasteiger partial charge in [-0.05, 0) is 24.2 Å². The molecule has 2 aromatic rings. The number of nitrogens with zero attached hydrogens (tertiary/aromatic N) is 4. The summed E-state index contributed by atoms with van der Waals surface area (Å²) in [7, 11) is 0. The lowest BCUT2D eigenvalue weighted by molar-refractivity contribution is -0.0794. The molecule has 3 rings (SSSR count). The molecule has 0 unspecified atom stereocenters. The number of nitriles is 1. The van der Waals surface area contributed by atoms with Crippen molar-refractivity contribution in [3.63, 3.8) is 0 Å². The summed E-state index contributed by atoms with van der Waals surface area (Å²) in [6.07, 6.45) is -0.345. The van der Waals surface area contributed by atoms with Crippen LogP contribution in [0.4, 0.5) is 31.8 Å². The predicted octanol–water partition coefficient (Wildman–Crippen LogP) is 3.02. The summed E-state index contributed by atoms with van der Waals surface area (Å²) in [6.45, 7) is 1.67. The number of pyridine rings is 2. The number of nitrogens with two attached hydrogens (primary N) is 2. The van der Waals surface area contributed by atoms with Crippen LogP contribution in [0.2, 0.25) is 0 Å². The van der Waals surface area contributed by atoms with Gasteiger partial charge in [-0.1, -0.05) is 0 Å². The molecule has 0 atom stereocenters. The first kappa shape index (κ1) is 18.4. The van der Waals surface area contributed by atoms with Crippen LogP contribution in [0.3, 0.4) is 0 Å². The Labute approximate surface area is 153 Å². The van der Waals surface area contributed by atoms with E-state index in [1.807, 2.05) is 6.07 Å². The second kappa shape index (κ2) is 6.75. The van der Waals surface area contributed by atoms with E-state index in [-0.39, 0.29) is 47.8 Å². The molecule has 140 valence electrons. The average Bonchev–Trinajstić information content (AvgIpc) is 2.60. The van der Waals surface area contributed by atoms with Gasteiger partial charge in [-0.3, -0.25) is 0 Å². The third-order valence-corrected chi connectivity index (χ3v) is 4.52. The molecule has 0 spiro atoms. The van der Waals surface area contributed by atoms with Crippen molar-refractivity contribution in [2.24, 2.45) is 5.18 Å². The zero-order valence-corrected chi connectivity index (χ0v) is 14.5. The first-order chi connectivity index (χ1) is 12.7. The van der Waals surface area contributed by atoms with Crippen molar-refractivity contribution in [1.82, 2.24) is 9.97 Å². The van der Waals surface area contributed by atoms with Crippen LogP contribution in [0.25, 0.3) is 0 Å². The van der Waals surface area contributed by atoms with Gasteiger partial charge in [0.05, 0.1) is 11.3 Å². The number of hydrogen-bond donors (Lipinski definition) is 3. The minimum absolute atomic E-state index is 0.00528. The molecule has 0 saturated heterocycles. The summed E-state index contributed by atoms with van der Waals surface area (Å²) < 4.78 is 26.1. The van der Waals surface area contributed by atoms with Crippen LogP contribution in [0, 0.1) is 23.2 Å². The Morgan fingerprint density at radius 1 is 1.33 bits per heavy atom. The van der Waals surface area contributed by atoms with Gasteiger partial charge in [0.1, 0.15) is 17.6 Å². The number of nitrogens with one attached hydrogen (secondary N) is 1. The zero-order valence-electron chi connectivity index (χ0n) is 14.5. The Balaban J connectivity index is 1.88. The summed E-state index contributed by atoms with van der Waals surface area (Å²) in [5, 5.41) is 14.9. The highest BCUT2D eigenvalue weighted by molar-refractivity contribution is 5.77. The summed E-state index contributed by atoms with van der Waals surface area (Å²) in [5.74, 6) is -2.60. The smallest absolute Gasteiger partial charge is 0.252 e. The van der Waals surface area contributed by atoms with E-state index in [2.05, 4.69) is 20.5 Å². The third kappa shape index (κ3) is 3.62. The van der Waals surface area contributed by atoms with Crippen LogP contribution < -0.4 is 16.8 Å². The van der Waals surface area contributed by atoms with Gasteiger partial charge in [-0.15, -0.1) is 4.91 Å². The summed E-state index contributed by atoms with van der Waals surface area (Å²) in [4.78, 5) is 19.1. The van der Waals surface area contributed by atoms with E-state index in [0.29, 0.717) is 17.0 Å². The number of aryl methyl sites for hydroxylation is 1. The summed E-state index contributed by atoms with van der Waals surface area (Å²) >= 11 is 0. The number of nitrogen functional groups attached to an aromatic ring is 2. The van der Waals surface area contributed by atoms with Gasteiger partial charge in [0.25, 0.3) is 5.92 Å². The molecule has 27 heavy (non-hydrogen) atoms. The lowest BCUT2D eigenvalue weighted by atomic mass is 9.88. The number of halogens is 2. The van der Waals surface area contributed by atoms with Gasteiger partial charge in [0, 0.05) is 42.3 Å². The number of rotatable bonds is 5. The molecule has 2 heterocycles. The lowest BCUT2D eigenvalue weighted by Gasteiger charge is -2.35. The number of aromatic nitrogens is 2. The van der Waals surface area contributed by atoms with Crippen molar-refractivity contribution in [3.05, 3.63) is 39.6 Å². The van der Waals surface area contributed by atoms with Crippen molar-refractivity contribution < 1.29 is 8.78 Å². The Morgan fingerprint density at radius 3 is 2.63 bits per heavy atom. The molecular weight excluding hydrogens is 356 g/mol. The predicted molar refractivity (Wildman–Crippen MR) is 96.6 cm³/mol. The van der Waals surface area contributed by atoms with Gasteiger partial charge in [-0.2, -0.15) is 5.26 Å². The lowest BCUT2D eigenvalue weighted by Crippen LogP contribution is -2.44. The highest BCUT2D eigenvalue weighted by atomic mass is 19.3. The van der Waals surface area contributed by atoms with Crippen LogP contribution in [0.15, 0.2) is 17.3 Å². The summed E-state index contributed by atoms with van der Waals surface area (Å²) in [5.41, 5.74) is 13.8. The normalized spacial score (nSPS) is 15.6. The molecule has 2 aromatic heterocycles. The molecule has 1 fully saturated rings. The molecule has 0 amide bonds. The van der Waals surface area contributed by atoms with Gasteiger partial charge in [-0.25, -0.2) is 18.7 Å². The minimum atomic E-state index is -2.68. The monoisotopic (exact) mass is 373 g/mol. The van der Waals surface area contributed by atoms with Gasteiger partial charge in [0.15, 0.2) is 0 Å². The van der Waals surface area contributed by atoms with Crippen LogP contribution in [-0.2, 0) is 6.42 Å². The van der Waals surface area contributed by atoms with E-state index < -0.39 is 12.0 Å². The first-order valence-electron chi connectivity index (χ1n) is 8.16. The van der Waals surface area contributed by atoms with Gasteiger partial charge < -0.3 is 16.8 Å². The minimum Gasteiger partial charge on any atom is -0.397 e.